The normalized spacial score (nSPS) is 17.9. The molecular formula is C12H14F3NO2. The van der Waals surface area contributed by atoms with Crippen LogP contribution in [0.2, 0.25) is 0 Å². The maximum atomic E-state index is 12.7. The number of aromatic nitrogens is 1. The third-order valence-corrected chi connectivity index (χ3v) is 3.38. The Kier molecular flexibility index (Phi) is 3.36. The lowest BCUT2D eigenvalue weighted by molar-refractivity contribution is -0.138. The lowest BCUT2D eigenvalue weighted by atomic mass is 9.95. The molecule has 0 amide bonds. The monoisotopic (exact) mass is 261 g/mol. The minimum absolute atomic E-state index is 0.00653. The van der Waals surface area contributed by atoms with E-state index in [1.165, 1.54) is 4.57 Å². The Morgan fingerprint density at radius 1 is 1.22 bits per heavy atom. The molecule has 1 aliphatic carbocycles. The molecule has 0 bridgehead atoms. The summed E-state index contributed by atoms with van der Waals surface area (Å²) in [5.74, 6) is -1.53. The summed E-state index contributed by atoms with van der Waals surface area (Å²) in [6.07, 6.45) is 2.10. The average molecular weight is 261 g/mol. The number of carboxylic acid groups (broad SMARTS) is 1. The maximum Gasteiger partial charge on any atom is 0.418 e. The Hall–Kier alpha value is -1.46. The Balaban J connectivity index is 2.35. The molecule has 0 atom stereocenters. The van der Waals surface area contributed by atoms with Gasteiger partial charge in [-0.1, -0.05) is 19.3 Å². The fourth-order valence-electron chi connectivity index (χ4n) is 2.46. The summed E-state index contributed by atoms with van der Waals surface area (Å²) in [4.78, 5) is 10.9. The summed E-state index contributed by atoms with van der Waals surface area (Å²) < 4.78 is 39.6. The zero-order valence-corrected chi connectivity index (χ0v) is 9.70. The Labute approximate surface area is 102 Å². The molecule has 0 aliphatic heterocycles. The highest BCUT2D eigenvalue weighted by molar-refractivity contribution is 5.89. The second kappa shape index (κ2) is 4.66. The zero-order valence-electron chi connectivity index (χ0n) is 9.70. The van der Waals surface area contributed by atoms with Crippen LogP contribution in [0, 0.1) is 0 Å². The van der Waals surface area contributed by atoms with Crippen molar-refractivity contribution in [3.8, 4) is 0 Å². The highest BCUT2D eigenvalue weighted by Gasteiger charge is 2.37. The molecule has 1 fully saturated rings. The van der Waals surface area contributed by atoms with Crippen LogP contribution in [0.4, 0.5) is 13.2 Å². The minimum atomic E-state index is -4.62. The van der Waals surface area contributed by atoms with Gasteiger partial charge in [0.2, 0.25) is 0 Å². The molecule has 0 saturated heterocycles. The van der Waals surface area contributed by atoms with Crippen LogP contribution in [0.25, 0.3) is 0 Å². The van der Waals surface area contributed by atoms with Crippen molar-refractivity contribution in [1.82, 2.24) is 4.57 Å². The summed E-state index contributed by atoms with van der Waals surface area (Å²) >= 11 is 0. The molecule has 2 rings (SSSR count). The van der Waals surface area contributed by atoms with E-state index in [1.807, 2.05) is 0 Å². The van der Waals surface area contributed by atoms with E-state index >= 15 is 0 Å². The molecule has 1 aliphatic rings. The van der Waals surface area contributed by atoms with E-state index in [0.29, 0.717) is 0 Å². The van der Waals surface area contributed by atoms with E-state index in [1.54, 1.807) is 0 Å². The Bertz CT molecular complexity index is 445. The first-order valence-corrected chi connectivity index (χ1v) is 5.91. The van der Waals surface area contributed by atoms with Crippen molar-refractivity contribution in [1.29, 1.82) is 0 Å². The number of hydrogen-bond donors (Lipinski definition) is 1. The van der Waals surface area contributed by atoms with Crippen LogP contribution in [0.15, 0.2) is 12.4 Å². The first kappa shape index (κ1) is 13.0. The smallest absolute Gasteiger partial charge is 0.418 e. The van der Waals surface area contributed by atoms with Gasteiger partial charge in [0.05, 0.1) is 11.1 Å². The van der Waals surface area contributed by atoms with Crippen LogP contribution < -0.4 is 0 Å². The molecule has 100 valence electrons. The van der Waals surface area contributed by atoms with Gasteiger partial charge in [-0.2, -0.15) is 13.2 Å². The topological polar surface area (TPSA) is 42.2 Å². The standard InChI is InChI=1S/C12H14F3NO2/c13-12(14,15)10-7-16(6-9(10)11(17)18)8-4-2-1-3-5-8/h6-8H,1-5H2,(H,17,18). The lowest BCUT2D eigenvalue weighted by Crippen LogP contribution is -2.11. The van der Waals surface area contributed by atoms with Gasteiger partial charge < -0.3 is 9.67 Å². The van der Waals surface area contributed by atoms with Gasteiger partial charge in [0.25, 0.3) is 0 Å². The largest absolute Gasteiger partial charge is 0.478 e. The predicted molar refractivity (Wildman–Crippen MR) is 58.5 cm³/mol. The summed E-state index contributed by atoms with van der Waals surface area (Å²) in [6, 6.07) is -0.00653. The van der Waals surface area contributed by atoms with Gasteiger partial charge in [-0.3, -0.25) is 0 Å². The highest BCUT2D eigenvalue weighted by atomic mass is 19.4. The van der Waals surface area contributed by atoms with Crippen molar-refractivity contribution in [2.45, 2.75) is 44.3 Å². The molecule has 1 saturated carbocycles. The molecule has 0 aromatic carbocycles. The van der Waals surface area contributed by atoms with Gasteiger partial charge in [-0.15, -0.1) is 0 Å². The van der Waals surface area contributed by atoms with Crippen LogP contribution in [0.5, 0.6) is 0 Å². The van der Waals surface area contributed by atoms with E-state index in [0.717, 1.165) is 44.5 Å². The molecule has 6 heteroatoms. The average Bonchev–Trinajstić information content (AvgIpc) is 2.74. The quantitative estimate of drug-likeness (QED) is 0.881. The van der Waals surface area contributed by atoms with Crippen LogP contribution in [-0.4, -0.2) is 15.6 Å². The molecule has 3 nitrogen and oxygen atoms in total. The molecule has 0 unspecified atom stereocenters. The number of carboxylic acids is 1. The Morgan fingerprint density at radius 2 is 1.83 bits per heavy atom. The van der Waals surface area contributed by atoms with E-state index in [2.05, 4.69) is 0 Å². The second-order valence-electron chi connectivity index (χ2n) is 4.63. The van der Waals surface area contributed by atoms with Gasteiger partial charge in [-0.25, -0.2) is 4.79 Å². The van der Waals surface area contributed by atoms with Crippen molar-refractivity contribution in [3.63, 3.8) is 0 Å². The third kappa shape index (κ3) is 2.52. The predicted octanol–water partition coefficient (Wildman–Crippen LogP) is 3.71. The van der Waals surface area contributed by atoms with Crippen LogP contribution in [-0.2, 0) is 6.18 Å². The zero-order chi connectivity index (χ0) is 13.3. The minimum Gasteiger partial charge on any atom is -0.478 e. The van der Waals surface area contributed by atoms with E-state index in [9.17, 15) is 18.0 Å². The number of nitrogens with zero attached hydrogens (tertiary/aromatic N) is 1. The first-order valence-electron chi connectivity index (χ1n) is 5.91. The van der Waals surface area contributed by atoms with Crippen LogP contribution >= 0.6 is 0 Å². The lowest BCUT2D eigenvalue weighted by Gasteiger charge is -2.23. The molecule has 1 heterocycles. The van der Waals surface area contributed by atoms with Crippen molar-refractivity contribution >= 4 is 5.97 Å². The summed E-state index contributed by atoms with van der Waals surface area (Å²) in [7, 11) is 0. The number of rotatable bonds is 2. The van der Waals surface area contributed by atoms with E-state index in [4.69, 9.17) is 5.11 Å². The maximum absolute atomic E-state index is 12.7. The van der Waals surface area contributed by atoms with Gasteiger partial charge in [-0.05, 0) is 12.8 Å². The molecule has 1 N–H and O–H groups in total. The summed E-state index contributed by atoms with van der Waals surface area (Å²) in [6.45, 7) is 0. The fourth-order valence-corrected chi connectivity index (χ4v) is 2.46. The van der Waals surface area contributed by atoms with Crippen molar-refractivity contribution < 1.29 is 23.1 Å². The molecule has 18 heavy (non-hydrogen) atoms. The number of halogens is 3. The van der Waals surface area contributed by atoms with Crippen LogP contribution in [0.3, 0.4) is 0 Å². The molecule has 0 spiro atoms. The molecule has 1 aromatic rings. The number of aromatic carboxylic acids is 1. The molecule has 1 aromatic heterocycles. The van der Waals surface area contributed by atoms with Gasteiger partial charge in [0.15, 0.2) is 0 Å². The highest BCUT2D eigenvalue weighted by Crippen LogP contribution is 2.36. The molecule has 0 radical (unpaired) electrons. The third-order valence-electron chi connectivity index (χ3n) is 3.38. The first-order chi connectivity index (χ1) is 8.39. The second-order valence-corrected chi connectivity index (χ2v) is 4.63. The Morgan fingerprint density at radius 3 is 2.28 bits per heavy atom. The summed E-state index contributed by atoms with van der Waals surface area (Å²) in [5, 5.41) is 8.83. The van der Waals surface area contributed by atoms with Crippen molar-refractivity contribution in [3.05, 3.63) is 23.5 Å². The number of carbonyl (C=O) groups is 1. The van der Waals surface area contributed by atoms with Gasteiger partial charge in [0, 0.05) is 18.4 Å². The number of alkyl halides is 3. The van der Waals surface area contributed by atoms with Crippen molar-refractivity contribution in [2.75, 3.05) is 0 Å². The van der Waals surface area contributed by atoms with Crippen LogP contribution in [0.1, 0.15) is 54.1 Å². The van der Waals surface area contributed by atoms with E-state index in [-0.39, 0.29) is 6.04 Å². The van der Waals surface area contributed by atoms with Gasteiger partial charge in [0.1, 0.15) is 0 Å². The van der Waals surface area contributed by atoms with Crippen molar-refractivity contribution in [2.24, 2.45) is 0 Å². The molecular weight excluding hydrogens is 247 g/mol. The fraction of sp³-hybridized carbons (Fsp3) is 0.583. The van der Waals surface area contributed by atoms with Gasteiger partial charge >= 0.3 is 12.1 Å². The summed E-state index contributed by atoms with van der Waals surface area (Å²) in [5.41, 5.74) is -1.71. The van der Waals surface area contributed by atoms with E-state index < -0.39 is 23.3 Å². The number of hydrogen-bond acceptors (Lipinski definition) is 1. The SMILES string of the molecule is O=C(O)c1cn(C2CCCCC2)cc1C(F)(F)F.